The smallest absolute Gasteiger partial charge is 0.270 e. The maximum absolute atomic E-state index is 12.4. The highest BCUT2D eigenvalue weighted by Gasteiger charge is 2.10. The normalized spacial score (nSPS) is 10.5. The molecule has 26 heavy (non-hydrogen) atoms. The molecule has 3 aromatic rings. The zero-order chi connectivity index (χ0) is 18.4. The second-order valence-electron chi connectivity index (χ2n) is 5.81. The van der Waals surface area contributed by atoms with Gasteiger partial charge in [0, 0.05) is 43.0 Å². The number of nitrogens with one attached hydrogen (secondary N) is 3. The summed E-state index contributed by atoms with van der Waals surface area (Å²) in [6.45, 7) is 5.69. The third kappa shape index (κ3) is 4.24. The van der Waals surface area contributed by atoms with Gasteiger partial charge in [-0.25, -0.2) is 4.98 Å². The highest BCUT2D eigenvalue weighted by molar-refractivity contribution is 6.05. The van der Waals surface area contributed by atoms with Crippen LogP contribution in [-0.4, -0.2) is 40.5 Å². The van der Waals surface area contributed by atoms with E-state index in [9.17, 15) is 4.79 Å². The van der Waals surface area contributed by atoms with Crippen LogP contribution in [0.5, 0.6) is 0 Å². The van der Waals surface area contributed by atoms with Gasteiger partial charge in [0.1, 0.15) is 11.5 Å². The monoisotopic (exact) mass is 350 g/mol. The summed E-state index contributed by atoms with van der Waals surface area (Å²) in [5.74, 6) is 1.14. The van der Waals surface area contributed by atoms with Crippen molar-refractivity contribution in [2.24, 2.45) is 0 Å². The van der Waals surface area contributed by atoms with Crippen LogP contribution in [0.1, 0.15) is 23.1 Å². The molecule has 7 heteroatoms. The Balaban J connectivity index is 1.57. The summed E-state index contributed by atoms with van der Waals surface area (Å²) < 4.78 is 0. The lowest BCUT2D eigenvalue weighted by atomic mass is 10.1. The fourth-order valence-electron chi connectivity index (χ4n) is 2.65. The van der Waals surface area contributed by atoms with Crippen molar-refractivity contribution in [1.82, 2.24) is 20.3 Å². The first kappa shape index (κ1) is 17.6. The maximum atomic E-state index is 12.4. The first-order valence-electron chi connectivity index (χ1n) is 8.62. The van der Waals surface area contributed by atoms with E-state index in [4.69, 9.17) is 0 Å². The van der Waals surface area contributed by atoms with Gasteiger partial charge in [-0.05, 0) is 25.3 Å². The van der Waals surface area contributed by atoms with E-state index in [-0.39, 0.29) is 5.91 Å². The zero-order valence-electron chi connectivity index (χ0n) is 14.9. The van der Waals surface area contributed by atoms with Gasteiger partial charge in [0.15, 0.2) is 0 Å². The molecule has 0 spiro atoms. The SMILES string of the molecule is CCNc1nc(C)cc(NCCNC(=O)c2nccc3ccccc23)n1. The van der Waals surface area contributed by atoms with E-state index in [1.54, 1.807) is 6.20 Å². The predicted molar refractivity (Wildman–Crippen MR) is 103 cm³/mol. The minimum atomic E-state index is -0.184. The molecule has 0 bridgehead atoms. The average Bonchev–Trinajstić information content (AvgIpc) is 2.64. The van der Waals surface area contributed by atoms with Gasteiger partial charge in [-0.2, -0.15) is 4.98 Å². The molecule has 0 saturated carbocycles. The van der Waals surface area contributed by atoms with Gasteiger partial charge < -0.3 is 16.0 Å². The Labute approximate surface area is 152 Å². The number of benzene rings is 1. The van der Waals surface area contributed by atoms with Crippen LogP contribution in [0.2, 0.25) is 0 Å². The number of hydrogen-bond donors (Lipinski definition) is 3. The number of anilines is 2. The van der Waals surface area contributed by atoms with Crippen molar-refractivity contribution in [3.8, 4) is 0 Å². The number of carbonyl (C=O) groups excluding carboxylic acids is 1. The minimum absolute atomic E-state index is 0.184. The summed E-state index contributed by atoms with van der Waals surface area (Å²) in [6, 6.07) is 11.5. The van der Waals surface area contributed by atoms with E-state index in [2.05, 4.69) is 30.9 Å². The second-order valence-corrected chi connectivity index (χ2v) is 5.81. The van der Waals surface area contributed by atoms with Gasteiger partial charge in [0.05, 0.1) is 0 Å². The summed E-state index contributed by atoms with van der Waals surface area (Å²) in [7, 11) is 0. The average molecular weight is 350 g/mol. The summed E-state index contributed by atoms with van der Waals surface area (Å²) in [4.78, 5) is 25.3. The Bertz CT molecular complexity index is 906. The topological polar surface area (TPSA) is 91.8 Å². The van der Waals surface area contributed by atoms with Crippen LogP contribution in [0, 0.1) is 6.92 Å². The van der Waals surface area contributed by atoms with Crippen molar-refractivity contribution in [3.63, 3.8) is 0 Å². The Morgan fingerprint density at radius 3 is 2.77 bits per heavy atom. The number of aromatic nitrogens is 3. The van der Waals surface area contributed by atoms with Crippen molar-refractivity contribution in [2.75, 3.05) is 30.3 Å². The minimum Gasteiger partial charge on any atom is -0.368 e. The molecule has 0 aliphatic carbocycles. The molecule has 0 unspecified atom stereocenters. The van der Waals surface area contributed by atoms with Gasteiger partial charge in [-0.3, -0.25) is 9.78 Å². The number of amides is 1. The van der Waals surface area contributed by atoms with Crippen molar-refractivity contribution in [1.29, 1.82) is 0 Å². The lowest BCUT2D eigenvalue weighted by Gasteiger charge is -2.10. The highest BCUT2D eigenvalue weighted by Crippen LogP contribution is 2.16. The third-order valence-electron chi connectivity index (χ3n) is 3.79. The molecule has 1 aromatic carbocycles. The van der Waals surface area contributed by atoms with Crippen LogP contribution in [0.4, 0.5) is 11.8 Å². The van der Waals surface area contributed by atoms with E-state index in [0.29, 0.717) is 24.7 Å². The van der Waals surface area contributed by atoms with Gasteiger partial charge >= 0.3 is 0 Å². The van der Waals surface area contributed by atoms with E-state index in [1.807, 2.05) is 50.2 Å². The molecule has 134 valence electrons. The molecule has 0 aliphatic heterocycles. The van der Waals surface area contributed by atoms with Crippen LogP contribution < -0.4 is 16.0 Å². The fourth-order valence-corrected chi connectivity index (χ4v) is 2.65. The Morgan fingerprint density at radius 1 is 1.08 bits per heavy atom. The van der Waals surface area contributed by atoms with Crippen molar-refractivity contribution in [2.45, 2.75) is 13.8 Å². The number of carbonyl (C=O) groups is 1. The Hall–Kier alpha value is -3.22. The number of rotatable bonds is 7. The van der Waals surface area contributed by atoms with Crippen molar-refractivity contribution >= 4 is 28.4 Å². The molecule has 7 nitrogen and oxygen atoms in total. The lowest BCUT2D eigenvalue weighted by molar-refractivity contribution is 0.0952. The number of nitrogens with zero attached hydrogens (tertiary/aromatic N) is 3. The molecule has 0 fully saturated rings. The fraction of sp³-hybridized carbons (Fsp3) is 0.263. The summed E-state index contributed by atoms with van der Waals surface area (Å²) >= 11 is 0. The lowest BCUT2D eigenvalue weighted by Crippen LogP contribution is -2.29. The molecule has 2 heterocycles. The molecule has 2 aromatic heterocycles. The number of hydrogen-bond acceptors (Lipinski definition) is 6. The molecule has 0 saturated heterocycles. The molecule has 3 N–H and O–H groups in total. The number of aryl methyl sites for hydroxylation is 1. The molecule has 3 rings (SSSR count). The van der Waals surface area contributed by atoms with E-state index < -0.39 is 0 Å². The molecule has 1 amide bonds. The van der Waals surface area contributed by atoms with Gasteiger partial charge in [-0.1, -0.05) is 24.3 Å². The molecule has 0 atom stereocenters. The van der Waals surface area contributed by atoms with Crippen molar-refractivity contribution in [3.05, 3.63) is 54.0 Å². The molecule has 0 aliphatic rings. The summed E-state index contributed by atoms with van der Waals surface area (Å²) in [6.07, 6.45) is 1.65. The Morgan fingerprint density at radius 2 is 1.92 bits per heavy atom. The molecular formula is C19H22N6O. The number of fused-ring (bicyclic) bond motifs is 1. The van der Waals surface area contributed by atoms with Gasteiger partial charge in [0.2, 0.25) is 5.95 Å². The van der Waals surface area contributed by atoms with Gasteiger partial charge in [-0.15, -0.1) is 0 Å². The van der Waals surface area contributed by atoms with E-state index in [0.717, 1.165) is 28.8 Å². The summed E-state index contributed by atoms with van der Waals surface area (Å²) in [5.41, 5.74) is 1.32. The Kier molecular flexibility index (Phi) is 5.58. The largest absolute Gasteiger partial charge is 0.368 e. The van der Waals surface area contributed by atoms with E-state index in [1.165, 1.54) is 0 Å². The first-order chi connectivity index (χ1) is 12.7. The molecular weight excluding hydrogens is 328 g/mol. The summed E-state index contributed by atoms with van der Waals surface area (Å²) in [5, 5.41) is 11.0. The van der Waals surface area contributed by atoms with Crippen molar-refractivity contribution < 1.29 is 4.79 Å². The molecule has 0 radical (unpaired) electrons. The number of pyridine rings is 1. The van der Waals surface area contributed by atoms with E-state index >= 15 is 0 Å². The zero-order valence-corrected chi connectivity index (χ0v) is 14.9. The third-order valence-corrected chi connectivity index (χ3v) is 3.79. The predicted octanol–water partition coefficient (Wildman–Crippen LogP) is 2.61. The maximum Gasteiger partial charge on any atom is 0.270 e. The second kappa shape index (κ2) is 8.24. The van der Waals surface area contributed by atoms with Crippen LogP contribution in [-0.2, 0) is 0 Å². The highest BCUT2D eigenvalue weighted by atomic mass is 16.1. The van der Waals surface area contributed by atoms with Crippen LogP contribution in [0.15, 0.2) is 42.6 Å². The quantitative estimate of drug-likeness (QED) is 0.567. The first-order valence-corrected chi connectivity index (χ1v) is 8.62. The van der Waals surface area contributed by atoms with Crippen LogP contribution in [0.3, 0.4) is 0 Å². The van der Waals surface area contributed by atoms with Gasteiger partial charge in [0.25, 0.3) is 5.91 Å². The van der Waals surface area contributed by atoms with Crippen LogP contribution >= 0.6 is 0 Å². The standard InChI is InChI=1S/C19H22N6O/c1-3-20-19-24-13(2)12-16(25-19)21-10-11-23-18(26)17-15-7-5-4-6-14(15)8-9-22-17/h4-9,12H,3,10-11H2,1-2H3,(H,23,26)(H2,20,21,24,25). The van der Waals surface area contributed by atoms with Crippen LogP contribution in [0.25, 0.3) is 10.8 Å².